The molecule has 0 saturated carbocycles. The third-order valence-corrected chi connectivity index (χ3v) is 5.64. The van der Waals surface area contributed by atoms with E-state index in [0.717, 1.165) is 5.56 Å². The smallest absolute Gasteiger partial charge is 0.255 e. The Hall–Kier alpha value is -4.00. The Morgan fingerprint density at radius 1 is 0.970 bits per heavy atom. The summed E-state index contributed by atoms with van der Waals surface area (Å²) in [6.07, 6.45) is 0.0613. The van der Waals surface area contributed by atoms with Crippen LogP contribution in [-0.4, -0.2) is 24.3 Å². The van der Waals surface area contributed by atoms with Gasteiger partial charge in [-0.2, -0.15) is 0 Å². The first-order valence-corrected chi connectivity index (χ1v) is 10.7. The van der Waals surface area contributed by atoms with Gasteiger partial charge in [0.1, 0.15) is 5.82 Å². The van der Waals surface area contributed by atoms with Crippen LogP contribution >= 0.6 is 0 Å². The molecule has 168 valence electrons. The maximum Gasteiger partial charge on any atom is 0.255 e. The summed E-state index contributed by atoms with van der Waals surface area (Å²) in [6, 6.07) is 18.4. The summed E-state index contributed by atoms with van der Waals surface area (Å²) in [5, 5.41) is 5.64. The van der Waals surface area contributed by atoms with Crippen LogP contribution < -0.4 is 15.5 Å². The van der Waals surface area contributed by atoms with Crippen LogP contribution in [0.15, 0.2) is 66.7 Å². The van der Waals surface area contributed by atoms with Crippen LogP contribution in [0.25, 0.3) is 0 Å². The monoisotopic (exact) mass is 445 g/mol. The summed E-state index contributed by atoms with van der Waals surface area (Å²) >= 11 is 0. The van der Waals surface area contributed by atoms with Crippen LogP contribution in [0.1, 0.15) is 27.9 Å². The quantitative estimate of drug-likeness (QED) is 0.598. The van der Waals surface area contributed by atoms with Gasteiger partial charge in [-0.3, -0.25) is 14.4 Å². The van der Waals surface area contributed by atoms with Crippen LogP contribution in [0, 0.1) is 25.6 Å². The van der Waals surface area contributed by atoms with E-state index in [-0.39, 0.29) is 36.5 Å². The van der Waals surface area contributed by atoms with Gasteiger partial charge in [-0.15, -0.1) is 0 Å². The number of nitrogens with one attached hydrogen (secondary N) is 2. The average molecular weight is 445 g/mol. The van der Waals surface area contributed by atoms with Crippen LogP contribution in [-0.2, 0) is 9.59 Å². The van der Waals surface area contributed by atoms with Crippen molar-refractivity contribution in [3.63, 3.8) is 0 Å². The molecular weight excluding hydrogens is 421 g/mol. The lowest BCUT2D eigenvalue weighted by Gasteiger charge is -2.18. The molecule has 4 rings (SSSR count). The zero-order chi connectivity index (χ0) is 23.5. The Kier molecular flexibility index (Phi) is 6.22. The van der Waals surface area contributed by atoms with Crippen molar-refractivity contribution in [1.82, 2.24) is 0 Å². The third-order valence-electron chi connectivity index (χ3n) is 5.64. The minimum Gasteiger partial charge on any atom is -0.326 e. The molecule has 0 bridgehead atoms. The Morgan fingerprint density at radius 2 is 1.76 bits per heavy atom. The minimum absolute atomic E-state index is 0.0613. The molecule has 1 atom stereocenters. The number of nitrogens with zero attached hydrogens (tertiary/aromatic N) is 1. The molecule has 0 radical (unpaired) electrons. The van der Waals surface area contributed by atoms with Gasteiger partial charge in [0.25, 0.3) is 5.91 Å². The van der Waals surface area contributed by atoms with Gasteiger partial charge in [0.05, 0.1) is 5.92 Å². The maximum absolute atomic E-state index is 13.3. The number of carbonyl (C=O) groups excluding carboxylic acids is 3. The summed E-state index contributed by atoms with van der Waals surface area (Å²) in [5.74, 6) is -1.70. The van der Waals surface area contributed by atoms with Gasteiger partial charge in [0.2, 0.25) is 11.8 Å². The van der Waals surface area contributed by atoms with Crippen LogP contribution in [0.3, 0.4) is 0 Å². The molecule has 0 aromatic heterocycles. The molecule has 1 saturated heterocycles. The molecule has 1 heterocycles. The molecule has 0 unspecified atom stereocenters. The minimum atomic E-state index is -0.549. The largest absolute Gasteiger partial charge is 0.326 e. The summed E-state index contributed by atoms with van der Waals surface area (Å²) in [6.45, 7) is 3.85. The van der Waals surface area contributed by atoms with Gasteiger partial charge < -0.3 is 15.5 Å². The molecule has 33 heavy (non-hydrogen) atoms. The Bertz CT molecular complexity index is 1240. The van der Waals surface area contributed by atoms with E-state index in [1.807, 2.05) is 31.2 Å². The summed E-state index contributed by atoms with van der Waals surface area (Å²) in [5.41, 5.74) is 3.82. The first-order valence-electron chi connectivity index (χ1n) is 10.7. The van der Waals surface area contributed by atoms with E-state index in [4.69, 9.17) is 0 Å². The van der Waals surface area contributed by atoms with Gasteiger partial charge >= 0.3 is 0 Å². The first kappa shape index (κ1) is 22.2. The van der Waals surface area contributed by atoms with Crippen molar-refractivity contribution in [2.24, 2.45) is 5.92 Å². The summed E-state index contributed by atoms with van der Waals surface area (Å²) < 4.78 is 13.3. The molecule has 6 nitrogen and oxygen atoms in total. The maximum atomic E-state index is 13.3. The Morgan fingerprint density at radius 3 is 2.52 bits per heavy atom. The number of hydrogen-bond acceptors (Lipinski definition) is 3. The van der Waals surface area contributed by atoms with Crippen LogP contribution in [0.4, 0.5) is 21.5 Å². The van der Waals surface area contributed by atoms with E-state index in [1.54, 1.807) is 31.2 Å². The van der Waals surface area contributed by atoms with E-state index in [2.05, 4.69) is 10.6 Å². The Balaban J connectivity index is 1.45. The second kappa shape index (κ2) is 9.24. The van der Waals surface area contributed by atoms with Crippen LogP contribution in [0.2, 0.25) is 0 Å². The molecule has 3 aromatic rings. The number of carbonyl (C=O) groups is 3. The highest BCUT2D eigenvalue weighted by Gasteiger charge is 2.35. The predicted octanol–water partition coefficient (Wildman–Crippen LogP) is 4.69. The topological polar surface area (TPSA) is 78.5 Å². The van der Waals surface area contributed by atoms with Crippen molar-refractivity contribution in [3.05, 3.63) is 89.2 Å². The zero-order valence-electron chi connectivity index (χ0n) is 18.4. The van der Waals surface area contributed by atoms with E-state index in [0.29, 0.717) is 28.2 Å². The third kappa shape index (κ3) is 5.09. The number of benzene rings is 3. The molecule has 1 aliphatic heterocycles. The number of aryl methyl sites for hydroxylation is 2. The predicted molar refractivity (Wildman–Crippen MR) is 126 cm³/mol. The molecule has 0 spiro atoms. The highest BCUT2D eigenvalue weighted by atomic mass is 19.1. The molecule has 2 N–H and O–H groups in total. The zero-order valence-corrected chi connectivity index (χ0v) is 18.4. The normalized spacial score (nSPS) is 15.4. The second-order valence-corrected chi connectivity index (χ2v) is 8.23. The number of halogens is 1. The number of rotatable bonds is 5. The molecule has 1 fully saturated rings. The summed E-state index contributed by atoms with van der Waals surface area (Å²) in [7, 11) is 0. The second-order valence-electron chi connectivity index (χ2n) is 8.23. The van der Waals surface area contributed by atoms with Gasteiger partial charge in [-0.05, 0) is 73.5 Å². The van der Waals surface area contributed by atoms with Crippen molar-refractivity contribution >= 4 is 34.8 Å². The standard InChI is InChI=1S/C26H24FN3O3/c1-16-5-3-7-21(11-16)28-25(32)18-6-4-8-22(13-18)30-15-19(14-24(30)31)26(33)29-23-10-9-20(27)12-17(23)2/h3-13,19H,14-15H2,1-2H3,(H,28,32)(H,29,33)/t19-/m0/s1. The van der Waals surface area contributed by atoms with Crippen LogP contribution in [0.5, 0.6) is 0 Å². The molecule has 1 aliphatic rings. The first-order chi connectivity index (χ1) is 15.8. The fourth-order valence-corrected chi connectivity index (χ4v) is 3.88. The molecule has 0 aliphatic carbocycles. The number of anilines is 3. The molecule has 3 aromatic carbocycles. The van der Waals surface area contributed by atoms with Crippen molar-refractivity contribution in [2.45, 2.75) is 20.3 Å². The van der Waals surface area contributed by atoms with E-state index in [1.165, 1.54) is 23.1 Å². The number of amides is 3. The van der Waals surface area contributed by atoms with Gasteiger partial charge in [-0.25, -0.2) is 4.39 Å². The lowest BCUT2D eigenvalue weighted by Crippen LogP contribution is -2.28. The SMILES string of the molecule is Cc1cccc(NC(=O)c2cccc(N3C[C@@H](C(=O)Nc4ccc(F)cc4C)CC3=O)c2)c1. The average Bonchev–Trinajstić information content (AvgIpc) is 3.17. The highest BCUT2D eigenvalue weighted by molar-refractivity contribution is 6.07. The molecule has 3 amide bonds. The van der Waals surface area contributed by atoms with E-state index < -0.39 is 5.92 Å². The lowest BCUT2D eigenvalue weighted by molar-refractivity contribution is -0.122. The number of hydrogen-bond donors (Lipinski definition) is 2. The lowest BCUT2D eigenvalue weighted by atomic mass is 10.1. The van der Waals surface area contributed by atoms with E-state index in [9.17, 15) is 18.8 Å². The van der Waals surface area contributed by atoms with E-state index >= 15 is 0 Å². The molecular formula is C26H24FN3O3. The Labute approximate surface area is 191 Å². The molecule has 7 heteroatoms. The van der Waals surface area contributed by atoms with Crippen molar-refractivity contribution in [1.29, 1.82) is 0 Å². The van der Waals surface area contributed by atoms with Crippen molar-refractivity contribution in [3.8, 4) is 0 Å². The summed E-state index contributed by atoms with van der Waals surface area (Å²) in [4.78, 5) is 39.6. The van der Waals surface area contributed by atoms with Gasteiger partial charge in [0, 0.05) is 35.6 Å². The van der Waals surface area contributed by atoms with Gasteiger partial charge in [-0.1, -0.05) is 18.2 Å². The van der Waals surface area contributed by atoms with Crippen molar-refractivity contribution < 1.29 is 18.8 Å². The highest BCUT2D eigenvalue weighted by Crippen LogP contribution is 2.27. The van der Waals surface area contributed by atoms with Gasteiger partial charge in [0.15, 0.2) is 0 Å². The fourth-order valence-electron chi connectivity index (χ4n) is 3.88. The fraction of sp³-hybridized carbons (Fsp3) is 0.192. The van der Waals surface area contributed by atoms with Crippen molar-refractivity contribution in [2.75, 3.05) is 22.1 Å².